The molecule has 9 nitrogen and oxygen atoms in total. The van der Waals surface area contributed by atoms with Gasteiger partial charge in [0.2, 0.25) is 0 Å². The Hall–Kier alpha value is -0.990. The molecule has 0 aliphatic heterocycles. The number of carbonyl (C=O) groups is 2. The number of esters is 2. The maximum absolute atomic E-state index is 12.6. The lowest BCUT2D eigenvalue weighted by Crippen LogP contribution is -2.37. The number of phosphoric ester groups is 1. The zero-order valence-electron chi connectivity index (χ0n) is 31.2. The molecule has 0 aromatic carbocycles. The van der Waals surface area contributed by atoms with Crippen LogP contribution in [0.5, 0.6) is 0 Å². The molecule has 47 heavy (non-hydrogen) atoms. The number of rotatable bonds is 35. The number of phosphoric acid groups is 1. The maximum atomic E-state index is 12.6. The third-order valence-electron chi connectivity index (χ3n) is 8.38. The van der Waals surface area contributed by atoms with Gasteiger partial charge >= 0.3 is 11.9 Å². The number of unbranched alkanes of at least 4 members (excludes halogenated alkanes) is 21. The molecule has 2 unspecified atom stereocenters. The summed E-state index contributed by atoms with van der Waals surface area (Å²) in [6.07, 6.45) is 26.9. The van der Waals surface area contributed by atoms with Crippen molar-refractivity contribution in [1.29, 1.82) is 0 Å². The fourth-order valence-corrected chi connectivity index (χ4v) is 6.03. The van der Waals surface area contributed by atoms with Crippen LogP contribution < -0.4 is 4.89 Å². The molecule has 0 saturated heterocycles. The lowest BCUT2D eigenvalue weighted by Gasteiger charge is -2.28. The first kappa shape index (κ1) is 46.0. The number of quaternary nitrogens is 1. The molecular formula is C37H74NO8P. The van der Waals surface area contributed by atoms with Crippen LogP contribution >= 0.6 is 7.82 Å². The lowest BCUT2D eigenvalue weighted by molar-refractivity contribution is -0.870. The van der Waals surface area contributed by atoms with E-state index in [1.807, 2.05) is 21.1 Å². The Labute approximate surface area is 289 Å². The van der Waals surface area contributed by atoms with Crippen LogP contribution in [0.15, 0.2) is 0 Å². The number of ether oxygens (including phenoxy) is 2. The summed E-state index contributed by atoms with van der Waals surface area (Å²) in [4.78, 5) is 37.3. The fourth-order valence-electron chi connectivity index (χ4n) is 5.30. The first-order valence-corrected chi connectivity index (χ1v) is 20.7. The van der Waals surface area contributed by atoms with Crippen LogP contribution in [0.4, 0.5) is 0 Å². The molecule has 280 valence electrons. The van der Waals surface area contributed by atoms with Crippen LogP contribution in [-0.2, 0) is 32.7 Å². The van der Waals surface area contributed by atoms with Gasteiger partial charge in [-0.05, 0) is 12.8 Å². The summed E-state index contributed by atoms with van der Waals surface area (Å²) >= 11 is 0. The van der Waals surface area contributed by atoms with Crippen LogP contribution in [0, 0.1) is 0 Å². The third kappa shape index (κ3) is 34.7. The van der Waals surface area contributed by atoms with Gasteiger partial charge < -0.3 is 27.9 Å². The molecule has 0 spiro atoms. The minimum absolute atomic E-state index is 0.0262. The number of hydrogen-bond donors (Lipinski definition) is 0. The second-order valence-electron chi connectivity index (χ2n) is 14.3. The Kier molecular flexibility index (Phi) is 30.4. The van der Waals surface area contributed by atoms with Crippen molar-refractivity contribution >= 4 is 19.8 Å². The monoisotopic (exact) mass is 692 g/mol. The highest BCUT2D eigenvalue weighted by molar-refractivity contribution is 7.45. The standard InChI is InChI=1S/C37H74NO8P/c1-6-8-10-12-14-16-18-20-22-24-26-28-30-37(40)46-35(34-45-47(41,42)44-32-31-38(3,4)5)33-43-36(39)29-27-25-23-21-19-17-15-13-11-9-7-2/h35H,6-34H2,1-5H3. The summed E-state index contributed by atoms with van der Waals surface area (Å²) in [5.41, 5.74) is 0. The Morgan fingerprint density at radius 3 is 1.36 bits per heavy atom. The van der Waals surface area contributed by atoms with Crippen molar-refractivity contribution in [2.24, 2.45) is 0 Å². The molecule has 10 heteroatoms. The van der Waals surface area contributed by atoms with E-state index in [0.717, 1.165) is 32.1 Å². The molecular weight excluding hydrogens is 617 g/mol. The minimum atomic E-state index is -4.61. The van der Waals surface area contributed by atoms with E-state index in [4.69, 9.17) is 18.5 Å². The van der Waals surface area contributed by atoms with E-state index in [1.165, 1.54) is 109 Å². The summed E-state index contributed by atoms with van der Waals surface area (Å²) in [5.74, 6) is -0.828. The minimum Gasteiger partial charge on any atom is -0.756 e. The van der Waals surface area contributed by atoms with Crippen LogP contribution in [0.25, 0.3) is 0 Å². The third-order valence-corrected chi connectivity index (χ3v) is 9.34. The van der Waals surface area contributed by atoms with Gasteiger partial charge in [0.1, 0.15) is 19.8 Å². The van der Waals surface area contributed by atoms with Crippen LogP contribution in [-0.4, -0.2) is 70.0 Å². The SMILES string of the molecule is CCCCCCCCCCCCCCC(=O)OC(COC(=O)CCCCCCCCCCCCC)COP(=O)([O-])OCC[N+](C)(C)C. The van der Waals surface area contributed by atoms with Crippen molar-refractivity contribution in [2.75, 3.05) is 47.5 Å². The van der Waals surface area contributed by atoms with Gasteiger partial charge in [-0.15, -0.1) is 0 Å². The number of likely N-dealkylation sites (N-methyl/N-ethyl adjacent to an activating group) is 1. The lowest BCUT2D eigenvalue weighted by atomic mass is 10.0. The van der Waals surface area contributed by atoms with E-state index in [0.29, 0.717) is 17.4 Å². The molecule has 0 rings (SSSR count). The quantitative estimate of drug-likeness (QED) is 0.0280. The van der Waals surface area contributed by atoms with Gasteiger partial charge in [0.25, 0.3) is 7.82 Å². The van der Waals surface area contributed by atoms with E-state index in [-0.39, 0.29) is 32.0 Å². The summed E-state index contributed by atoms with van der Waals surface area (Å²) in [7, 11) is 1.18. The second kappa shape index (κ2) is 31.0. The van der Waals surface area contributed by atoms with Crippen LogP contribution in [0.2, 0.25) is 0 Å². The number of nitrogens with zero attached hydrogens (tertiary/aromatic N) is 1. The molecule has 0 amide bonds. The molecule has 0 heterocycles. The Bertz CT molecular complexity index is 789. The van der Waals surface area contributed by atoms with E-state index in [9.17, 15) is 19.0 Å². The molecule has 0 aromatic heterocycles. The van der Waals surface area contributed by atoms with Crippen molar-refractivity contribution in [3.05, 3.63) is 0 Å². The van der Waals surface area contributed by atoms with Crippen LogP contribution in [0.1, 0.15) is 174 Å². The molecule has 0 saturated carbocycles. The second-order valence-corrected chi connectivity index (χ2v) is 15.7. The highest BCUT2D eigenvalue weighted by Crippen LogP contribution is 2.38. The van der Waals surface area contributed by atoms with Crippen molar-refractivity contribution in [3.63, 3.8) is 0 Å². The van der Waals surface area contributed by atoms with Gasteiger partial charge in [-0.2, -0.15) is 0 Å². The zero-order chi connectivity index (χ0) is 35.1. The fraction of sp³-hybridized carbons (Fsp3) is 0.946. The molecule has 0 fully saturated rings. The van der Waals surface area contributed by atoms with Gasteiger partial charge in [-0.3, -0.25) is 14.2 Å². The Morgan fingerprint density at radius 1 is 0.574 bits per heavy atom. The average molecular weight is 692 g/mol. The molecule has 0 bridgehead atoms. The smallest absolute Gasteiger partial charge is 0.306 e. The Balaban J connectivity index is 4.42. The highest BCUT2D eigenvalue weighted by Gasteiger charge is 2.21. The summed E-state index contributed by atoms with van der Waals surface area (Å²) in [6.45, 7) is 4.22. The van der Waals surface area contributed by atoms with Crippen molar-refractivity contribution < 1.29 is 42.1 Å². The topological polar surface area (TPSA) is 111 Å². The maximum Gasteiger partial charge on any atom is 0.306 e. The van der Waals surface area contributed by atoms with Gasteiger partial charge in [0.05, 0.1) is 27.7 Å². The normalized spacial score (nSPS) is 13.7. The van der Waals surface area contributed by atoms with E-state index < -0.39 is 26.5 Å². The van der Waals surface area contributed by atoms with Crippen molar-refractivity contribution in [2.45, 2.75) is 180 Å². The van der Waals surface area contributed by atoms with Gasteiger partial charge in [0, 0.05) is 12.8 Å². The molecule has 0 aliphatic rings. The molecule has 2 atom stereocenters. The predicted molar refractivity (Wildman–Crippen MR) is 190 cm³/mol. The highest BCUT2D eigenvalue weighted by atomic mass is 31.2. The Morgan fingerprint density at radius 2 is 0.957 bits per heavy atom. The predicted octanol–water partition coefficient (Wildman–Crippen LogP) is 9.44. The molecule has 0 radical (unpaired) electrons. The van der Waals surface area contributed by atoms with Crippen molar-refractivity contribution in [1.82, 2.24) is 0 Å². The van der Waals surface area contributed by atoms with E-state index in [2.05, 4.69) is 13.8 Å². The van der Waals surface area contributed by atoms with Crippen molar-refractivity contribution in [3.8, 4) is 0 Å². The van der Waals surface area contributed by atoms with Gasteiger partial charge in [0.15, 0.2) is 6.10 Å². The average Bonchev–Trinajstić information content (AvgIpc) is 3.01. The first-order chi connectivity index (χ1) is 22.5. The van der Waals surface area contributed by atoms with E-state index >= 15 is 0 Å². The number of carbonyl (C=O) groups excluding carboxylic acids is 2. The number of hydrogen-bond acceptors (Lipinski definition) is 8. The molecule has 0 aromatic rings. The first-order valence-electron chi connectivity index (χ1n) is 19.2. The zero-order valence-corrected chi connectivity index (χ0v) is 32.1. The molecule has 0 N–H and O–H groups in total. The van der Waals surface area contributed by atoms with Crippen LogP contribution in [0.3, 0.4) is 0 Å². The summed E-state index contributed by atoms with van der Waals surface area (Å²) in [6, 6.07) is 0. The van der Waals surface area contributed by atoms with Gasteiger partial charge in [-0.25, -0.2) is 0 Å². The molecule has 0 aliphatic carbocycles. The summed E-state index contributed by atoms with van der Waals surface area (Å²) in [5, 5.41) is 0. The van der Waals surface area contributed by atoms with E-state index in [1.54, 1.807) is 0 Å². The largest absolute Gasteiger partial charge is 0.756 e. The summed E-state index contributed by atoms with van der Waals surface area (Å²) < 4.78 is 33.7. The van der Waals surface area contributed by atoms with Gasteiger partial charge in [-0.1, -0.05) is 149 Å².